The van der Waals surface area contributed by atoms with E-state index in [2.05, 4.69) is 0 Å². The molecule has 10 heteroatoms. The van der Waals surface area contributed by atoms with Crippen molar-refractivity contribution in [2.24, 2.45) is 5.92 Å². The van der Waals surface area contributed by atoms with Gasteiger partial charge in [-0.1, -0.05) is 23.8 Å². The summed E-state index contributed by atoms with van der Waals surface area (Å²) in [4.78, 5) is 39.6. The number of carbonyl (C=O) groups is 3. The zero-order chi connectivity index (χ0) is 31.4. The lowest BCUT2D eigenvalue weighted by atomic mass is 10.1. The molecule has 1 saturated heterocycles. The Morgan fingerprint density at radius 2 is 1.43 bits per heavy atom. The first-order valence-electron chi connectivity index (χ1n) is 13.9. The predicted molar refractivity (Wildman–Crippen MR) is 164 cm³/mol. The number of anilines is 1. The number of nitrogens with zero attached hydrogens (tertiary/aromatic N) is 1. The van der Waals surface area contributed by atoms with E-state index in [4.69, 9.17) is 13.7 Å². The Kier molecular flexibility index (Phi) is 8.82. The molecule has 44 heavy (non-hydrogen) atoms. The van der Waals surface area contributed by atoms with Gasteiger partial charge in [0.1, 0.15) is 22.1 Å². The van der Waals surface area contributed by atoms with Gasteiger partial charge < -0.3 is 18.6 Å². The molecule has 0 spiro atoms. The van der Waals surface area contributed by atoms with Gasteiger partial charge in [-0.2, -0.15) is 8.42 Å². The molecule has 1 amide bonds. The fraction of sp³-hybridized carbons (Fsp3) is 0.206. The van der Waals surface area contributed by atoms with Crippen LogP contribution in [0.1, 0.15) is 33.5 Å². The monoisotopic (exact) mass is 613 g/mol. The van der Waals surface area contributed by atoms with Crippen LogP contribution in [0.15, 0.2) is 95.9 Å². The molecule has 0 aliphatic carbocycles. The number of ether oxygens (including phenoxy) is 2. The molecule has 5 rings (SSSR count). The lowest BCUT2D eigenvalue weighted by molar-refractivity contribution is -0.147. The van der Waals surface area contributed by atoms with Gasteiger partial charge in [0.2, 0.25) is 5.91 Å². The average molecular weight is 614 g/mol. The van der Waals surface area contributed by atoms with E-state index in [1.54, 1.807) is 36.4 Å². The summed E-state index contributed by atoms with van der Waals surface area (Å²) in [5, 5.41) is 0. The van der Waals surface area contributed by atoms with Crippen LogP contribution in [0.5, 0.6) is 17.2 Å². The molecule has 1 heterocycles. The summed E-state index contributed by atoms with van der Waals surface area (Å²) in [7, 11) is -4.03. The Bertz CT molecular complexity index is 1800. The second-order valence-electron chi connectivity index (χ2n) is 10.7. The van der Waals surface area contributed by atoms with Crippen molar-refractivity contribution >= 4 is 33.5 Å². The standard InChI is InChI=1S/C34H31NO8S/c1-22-4-16-31(17-5-22)44(39,40)43-29-12-7-25(8-13-29)32(36)21-41-34(38)26-19-33(37)35(20-26)27-9-14-28(15-10-27)42-30-11-6-23(2)24(3)18-30/h4-18,26H,19-21H2,1-3H3/t26-/m0/s1. The summed E-state index contributed by atoms with van der Waals surface area (Å²) < 4.78 is 41.3. The number of ketones is 1. The second-order valence-corrected chi connectivity index (χ2v) is 12.2. The predicted octanol–water partition coefficient (Wildman–Crippen LogP) is 5.95. The molecule has 4 aromatic carbocycles. The van der Waals surface area contributed by atoms with Gasteiger partial charge in [0, 0.05) is 24.2 Å². The Morgan fingerprint density at radius 3 is 2.09 bits per heavy atom. The summed E-state index contributed by atoms with van der Waals surface area (Å²) in [6, 6.07) is 24.6. The van der Waals surface area contributed by atoms with Crippen LogP contribution in [0.4, 0.5) is 5.69 Å². The van der Waals surface area contributed by atoms with E-state index < -0.39 is 34.4 Å². The van der Waals surface area contributed by atoms with Gasteiger partial charge in [-0.25, -0.2) is 0 Å². The molecular weight excluding hydrogens is 582 g/mol. The maximum Gasteiger partial charge on any atom is 0.339 e. The molecular formula is C34H31NO8S. The molecule has 0 N–H and O–H groups in total. The second kappa shape index (κ2) is 12.7. The first kappa shape index (κ1) is 30.5. The zero-order valence-electron chi connectivity index (χ0n) is 24.5. The van der Waals surface area contributed by atoms with Crippen LogP contribution in [-0.4, -0.2) is 39.2 Å². The van der Waals surface area contributed by atoms with Gasteiger partial charge in [0.15, 0.2) is 12.4 Å². The third kappa shape index (κ3) is 7.15. The number of Topliss-reactive ketones (excluding diaryl/α,β-unsaturated/α-hetero) is 1. The van der Waals surface area contributed by atoms with Gasteiger partial charge in [0.25, 0.3) is 0 Å². The highest BCUT2D eigenvalue weighted by Crippen LogP contribution is 2.30. The molecule has 0 radical (unpaired) electrons. The molecule has 0 aromatic heterocycles. The number of rotatable bonds is 10. The van der Waals surface area contributed by atoms with E-state index in [9.17, 15) is 22.8 Å². The summed E-state index contributed by atoms with van der Waals surface area (Å²) >= 11 is 0. The highest BCUT2D eigenvalue weighted by atomic mass is 32.2. The molecule has 1 atom stereocenters. The van der Waals surface area contributed by atoms with Crippen molar-refractivity contribution in [3.63, 3.8) is 0 Å². The van der Waals surface area contributed by atoms with Gasteiger partial charge in [0.05, 0.1) is 5.92 Å². The molecule has 0 bridgehead atoms. The van der Waals surface area contributed by atoms with E-state index in [1.165, 1.54) is 46.9 Å². The average Bonchev–Trinajstić information content (AvgIpc) is 3.40. The maximum absolute atomic E-state index is 12.7. The van der Waals surface area contributed by atoms with Gasteiger partial charge in [-0.05, 0) is 105 Å². The number of carbonyl (C=O) groups excluding carboxylic acids is 3. The Hall–Kier alpha value is -4.96. The first-order chi connectivity index (χ1) is 21.0. The Morgan fingerprint density at radius 1 is 0.795 bits per heavy atom. The number of amides is 1. The van der Waals surface area contributed by atoms with E-state index in [0.29, 0.717) is 17.2 Å². The number of esters is 1. The summed E-state index contributed by atoms with van der Waals surface area (Å²) in [6.45, 7) is 5.50. The molecule has 0 unspecified atom stereocenters. The largest absolute Gasteiger partial charge is 0.457 e. The van der Waals surface area contributed by atoms with E-state index in [1.807, 2.05) is 39.0 Å². The zero-order valence-corrected chi connectivity index (χ0v) is 25.3. The van der Waals surface area contributed by atoms with Crippen molar-refractivity contribution in [2.45, 2.75) is 32.1 Å². The molecule has 1 aliphatic rings. The topological polar surface area (TPSA) is 116 Å². The lowest BCUT2D eigenvalue weighted by Crippen LogP contribution is -2.27. The van der Waals surface area contributed by atoms with Crippen molar-refractivity contribution in [3.05, 3.63) is 113 Å². The first-order valence-corrected chi connectivity index (χ1v) is 15.4. The number of aryl methyl sites for hydroxylation is 3. The quantitative estimate of drug-likeness (QED) is 0.122. The van der Waals surface area contributed by atoms with Crippen LogP contribution in [0.3, 0.4) is 0 Å². The van der Waals surface area contributed by atoms with Crippen molar-refractivity contribution in [3.8, 4) is 17.2 Å². The van der Waals surface area contributed by atoms with E-state index in [-0.39, 0.29) is 35.1 Å². The highest BCUT2D eigenvalue weighted by Gasteiger charge is 2.36. The molecule has 1 aliphatic heterocycles. The van der Waals surface area contributed by atoms with Gasteiger partial charge in [-0.15, -0.1) is 0 Å². The summed E-state index contributed by atoms with van der Waals surface area (Å²) in [6.07, 6.45) is -0.0323. The van der Waals surface area contributed by atoms with Gasteiger partial charge >= 0.3 is 16.1 Å². The van der Waals surface area contributed by atoms with Crippen LogP contribution >= 0.6 is 0 Å². The minimum Gasteiger partial charge on any atom is -0.457 e. The minimum absolute atomic E-state index is 0.0123. The summed E-state index contributed by atoms with van der Waals surface area (Å²) in [5.41, 5.74) is 4.04. The molecule has 226 valence electrons. The van der Waals surface area contributed by atoms with Crippen LogP contribution in [0.25, 0.3) is 0 Å². The molecule has 1 fully saturated rings. The van der Waals surface area contributed by atoms with Gasteiger partial charge in [-0.3, -0.25) is 14.4 Å². The van der Waals surface area contributed by atoms with Crippen molar-refractivity contribution in [2.75, 3.05) is 18.1 Å². The minimum atomic E-state index is -4.03. The smallest absolute Gasteiger partial charge is 0.339 e. The molecule has 0 saturated carbocycles. The number of benzene rings is 4. The van der Waals surface area contributed by atoms with E-state index in [0.717, 1.165) is 11.1 Å². The molecule has 9 nitrogen and oxygen atoms in total. The summed E-state index contributed by atoms with van der Waals surface area (Å²) in [5.74, 6) is -0.702. The third-order valence-electron chi connectivity index (χ3n) is 7.36. The van der Waals surface area contributed by atoms with E-state index >= 15 is 0 Å². The van der Waals surface area contributed by atoms with Crippen LogP contribution < -0.4 is 13.8 Å². The SMILES string of the molecule is Cc1ccc(S(=O)(=O)Oc2ccc(C(=O)COC(=O)[C@H]3CC(=O)N(c4ccc(Oc5ccc(C)c(C)c5)cc4)C3)cc2)cc1. The third-order valence-corrected chi connectivity index (χ3v) is 8.62. The normalized spacial score (nSPS) is 14.8. The lowest BCUT2D eigenvalue weighted by Gasteiger charge is -2.17. The number of hydrogen-bond donors (Lipinski definition) is 0. The van der Waals surface area contributed by atoms with Crippen LogP contribution in [0.2, 0.25) is 0 Å². The van der Waals surface area contributed by atoms with Crippen LogP contribution in [-0.2, 0) is 24.4 Å². The van der Waals surface area contributed by atoms with Crippen LogP contribution in [0, 0.1) is 26.7 Å². The Labute approximate surface area is 256 Å². The van der Waals surface area contributed by atoms with Crippen molar-refractivity contribution in [1.82, 2.24) is 0 Å². The highest BCUT2D eigenvalue weighted by molar-refractivity contribution is 7.87. The fourth-order valence-electron chi connectivity index (χ4n) is 4.64. The van der Waals surface area contributed by atoms with Crippen molar-refractivity contribution in [1.29, 1.82) is 0 Å². The fourth-order valence-corrected chi connectivity index (χ4v) is 5.57. The molecule has 4 aromatic rings. The Balaban J connectivity index is 1.12. The maximum atomic E-state index is 12.7. The number of hydrogen-bond acceptors (Lipinski definition) is 8. The van der Waals surface area contributed by atoms with Crippen molar-refractivity contribution < 1.29 is 36.5 Å².